The van der Waals surface area contributed by atoms with Gasteiger partial charge in [0.15, 0.2) is 0 Å². The molecule has 106 valence electrons. The largest absolute Gasteiger partial charge is 0.269 e. The minimum Gasteiger partial charge on any atom is -0.268 e. The van der Waals surface area contributed by atoms with Gasteiger partial charge >= 0.3 is 0 Å². The third-order valence-corrected chi connectivity index (χ3v) is 2.63. The number of benzene rings is 2. The zero-order valence-electron chi connectivity index (χ0n) is 11.0. The molecule has 0 atom stereocenters. The van der Waals surface area contributed by atoms with Crippen molar-refractivity contribution < 1.29 is 14.0 Å². The van der Waals surface area contributed by atoms with Crippen LogP contribution in [0.25, 0.3) is 6.08 Å². The molecule has 21 heavy (non-hydrogen) atoms. The van der Waals surface area contributed by atoms with Gasteiger partial charge in [0, 0.05) is 11.6 Å². The fourth-order valence-electron chi connectivity index (χ4n) is 1.57. The molecule has 0 aliphatic carbocycles. The van der Waals surface area contributed by atoms with Crippen LogP contribution in [-0.2, 0) is 4.79 Å². The summed E-state index contributed by atoms with van der Waals surface area (Å²) in [4.78, 5) is 23.2. The van der Waals surface area contributed by atoms with Gasteiger partial charge in [0.25, 0.3) is 11.8 Å². The molecule has 5 heteroatoms. The Bertz CT molecular complexity index is 652. The second kappa shape index (κ2) is 7.00. The second-order valence-electron chi connectivity index (χ2n) is 4.19. The van der Waals surface area contributed by atoms with Crippen LogP contribution in [0.15, 0.2) is 60.7 Å². The molecule has 2 aromatic carbocycles. The summed E-state index contributed by atoms with van der Waals surface area (Å²) in [6.45, 7) is 0. The zero-order chi connectivity index (χ0) is 15.1. The van der Waals surface area contributed by atoms with E-state index in [0.717, 1.165) is 0 Å². The summed E-state index contributed by atoms with van der Waals surface area (Å²) in [7, 11) is 0. The van der Waals surface area contributed by atoms with Crippen molar-refractivity contribution in [3.63, 3.8) is 0 Å². The standard InChI is InChI=1S/C16H13FN2O2/c17-14-9-6-12(7-10-14)8-11-15(20)18-19-16(21)13-4-2-1-3-5-13/h1-11H,(H,18,20)(H,19,21)/b11-8+. The SMILES string of the molecule is O=C(/C=C/c1ccc(F)cc1)NNC(=O)c1ccccc1. The highest BCUT2D eigenvalue weighted by Gasteiger charge is 2.04. The molecule has 0 aromatic heterocycles. The molecule has 0 aliphatic rings. The third-order valence-electron chi connectivity index (χ3n) is 2.63. The lowest BCUT2D eigenvalue weighted by Gasteiger charge is -2.04. The Morgan fingerprint density at radius 1 is 0.905 bits per heavy atom. The fraction of sp³-hybridized carbons (Fsp3) is 0. The zero-order valence-corrected chi connectivity index (χ0v) is 11.0. The van der Waals surface area contributed by atoms with Gasteiger partial charge in [0.05, 0.1) is 0 Å². The van der Waals surface area contributed by atoms with Crippen LogP contribution in [0, 0.1) is 5.82 Å². The Hall–Kier alpha value is -2.95. The van der Waals surface area contributed by atoms with Crippen molar-refractivity contribution in [2.45, 2.75) is 0 Å². The van der Waals surface area contributed by atoms with Crippen LogP contribution < -0.4 is 10.9 Å². The van der Waals surface area contributed by atoms with Gasteiger partial charge in [0.1, 0.15) is 5.82 Å². The molecule has 2 amide bonds. The van der Waals surface area contributed by atoms with E-state index in [1.807, 2.05) is 0 Å². The van der Waals surface area contributed by atoms with Gasteiger partial charge in [-0.2, -0.15) is 0 Å². The Balaban J connectivity index is 1.85. The van der Waals surface area contributed by atoms with Crippen molar-refractivity contribution in [3.8, 4) is 0 Å². The molecule has 0 spiro atoms. The number of hydrazine groups is 1. The van der Waals surface area contributed by atoms with Gasteiger partial charge in [-0.15, -0.1) is 0 Å². The van der Waals surface area contributed by atoms with E-state index in [1.165, 1.54) is 24.3 Å². The lowest BCUT2D eigenvalue weighted by atomic mass is 10.2. The lowest BCUT2D eigenvalue weighted by molar-refractivity contribution is -0.117. The molecular formula is C16H13FN2O2. The average molecular weight is 284 g/mol. The molecule has 2 N–H and O–H groups in total. The lowest BCUT2D eigenvalue weighted by Crippen LogP contribution is -2.40. The summed E-state index contributed by atoms with van der Waals surface area (Å²) < 4.78 is 12.7. The predicted molar refractivity (Wildman–Crippen MR) is 77.5 cm³/mol. The van der Waals surface area contributed by atoms with Gasteiger partial charge in [-0.25, -0.2) is 4.39 Å². The van der Waals surface area contributed by atoms with Crippen molar-refractivity contribution in [3.05, 3.63) is 77.6 Å². The highest BCUT2D eigenvalue weighted by Crippen LogP contribution is 2.04. The van der Waals surface area contributed by atoms with Crippen molar-refractivity contribution >= 4 is 17.9 Å². The smallest absolute Gasteiger partial charge is 0.268 e. The van der Waals surface area contributed by atoms with Crippen molar-refractivity contribution in [1.82, 2.24) is 10.9 Å². The van der Waals surface area contributed by atoms with Crippen LogP contribution >= 0.6 is 0 Å². The highest BCUT2D eigenvalue weighted by molar-refractivity contribution is 5.97. The maximum atomic E-state index is 12.7. The summed E-state index contributed by atoms with van der Waals surface area (Å²) in [6.07, 6.45) is 2.77. The minimum absolute atomic E-state index is 0.341. The van der Waals surface area contributed by atoms with Gasteiger partial charge in [-0.3, -0.25) is 20.4 Å². The molecule has 2 aromatic rings. The van der Waals surface area contributed by atoms with Gasteiger partial charge < -0.3 is 0 Å². The topological polar surface area (TPSA) is 58.2 Å². The summed E-state index contributed by atoms with van der Waals surface area (Å²) in [6, 6.07) is 14.2. The molecule has 0 unspecified atom stereocenters. The van der Waals surface area contributed by atoms with Gasteiger partial charge in [-0.05, 0) is 35.9 Å². The van der Waals surface area contributed by atoms with E-state index in [2.05, 4.69) is 10.9 Å². The molecular weight excluding hydrogens is 271 g/mol. The number of hydrogen-bond acceptors (Lipinski definition) is 2. The molecule has 4 nitrogen and oxygen atoms in total. The highest BCUT2D eigenvalue weighted by atomic mass is 19.1. The van der Waals surface area contributed by atoms with E-state index in [4.69, 9.17) is 0 Å². The quantitative estimate of drug-likeness (QED) is 0.671. The Kier molecular flexibility index (Phi) is 4.82. The first-order valence-corrected chi connectivity index (χ1v) is 6.24. The van der Waals surface area contributed by atoms with Crippen LogP contribution in [0.5, 0.6) is 0 Å². The molecule has 0 radical (unpaired) electrons. The molecule has 0 aliphatic heterocycles. The number of amides is 2. The molecule has 0 saturated carbocycles. The summed E-state index contributed by atoms with van der Waals surface area (Å²) in [5.74, 6) is -1.23. The maximum absolute atomic E-state index is 12.7. The molecule has 0 heterocycles. The van der Waals surface area contributed by atoms with Crippen molar-refractivity contribution in [2.24, 2.45) is 0 Å². The molecule has 0 saturated heterocycles. The van der Waals surface area contributed by atoms with E-state index in [1.54, 1.807) is 42.5 Å². The van der Waals surface area contributed by atoms with Crippen LogP contribution in [0.2, 0.25) is 0 Å². The van der Waals surface area contributed by atoms with Crippen molar-refractivity contribution in [2.75, 3.05) is 0 Å². The summed E-state index contributed by atoms with van der Waals surface area (Å²) in [5, 5.41) is 0. The summed E-state index contributed by atoms with van der Waals surface area (Å²) >= 11 is 0. The Morgan fingerprint density at radius 2 is 1.57 bits per heavy atom. The predicted octanol–water partition coefficient (Wildman–Crippen LogP) is 2.30. The van der Waals surface area contributed by atoms with E-state index in [9.17, 15) is 14.0 Å². The second-order valence-corrected chi connectivity index (χ2v) is 4.19. The van der Waals surface area contributed by atoms with Gasteiger partial charge in [0.2, 0.25) is 0 Å². The first-order chi connectivity index (χ1) is 10.1. The normalized spacial score (nSPS) is 10.3. The van der Waals surface area contributed by atoms with Crippen LogP contribution in [-0.4, -0.2) is 11.8 Å². The molecule has 2 rings (SSSR count). The van der Waals surface area contributed by atoms with Crippen LogP contribution in [0.4, 0.5) is 4.39 Å². The first-order valence-electron chi connectivity index (χ1n) is 6.24. The Morgan fingerprint density at radius 3 is 2.24 bits per heavy atom. The van der Waals surface area contributed by atoms with Gasteiger partial charge in [-0.1, -0.05) is 30.3 Å². The number of hydrogen-bond donors (Lipinski definition) is 2. The monoisotopic (exact) mass is 284 g/mol. The number of rotatable bonds is 3. The van der Waals surface area contributed by atoms with E-state index in [-0.39, 0.29) is 5.82 Å². The fourth-order valence-corrected chi connectivity index (χ4v) is 1.57. The molecule has 0 bridgehead atoms. The molecule has 0 fully saturated rings. The van der Waals surface area contributed by atoms with Crippen LogP contribution in [0.3, 0.4) is 0 Å². The van der Waals surface area contributed by atoms with E-state index >= 15 is 0 Å². The minimum atomic E-state index is -0.483. The third kappa shape index (κ3) is 4.58. The Labute approximate surface area is 121 Å². The van der Waals surface area contributed by atoms with E-state index in [0.29, 0.717) is 11.1 Å². The number of carbonyl (C=O) groups excluding carboxylic acids is 2. The summed E-state index contributed by atoms with van der Waals surface area (Å²) in [5.41, 5.74) is 5.68. The van der Waals surface area contributed by atoms with Crippen molar-refractivity contribution in [1.29, 1.82) is 0 Å². The van der Waals surface area contributed by atoms with Crippen LogP contribution in [0.1, 0.15) is 15.9 Å². The number of nitrogens with one attached hydrogen (secondary N) is 2. The van der Waals surface area contributed by atoms with E-state index < -0.39 is 11.8 Å². The maximum Gasteiger partial charge on any atom is 0.269 e. The first kappa shape index (κ1) is 14.5. The average Bonchev–Trinajstić information content (AvgIpc) is 2.53. The number of carbonyl (C=O) groups is 2. The number of halogens is 1.